The second kappa shape index (κ2) is 13.0. The van der Waals surface area contributed by atoms with Gasteiger partial charge >= 0.3 is 71.9 Å². The summed E-state index contributed by atoms with van der Waals surface area (Å²) >= 11 is 0. The van der Waals surface area contributed by atoms with Crippen molar-refractivity contribution in [1.29, 1.82) is 0 Å². The Bertz CT molecular complexity index is 64.7. The molecule has 9 heavy (non-hydrogen) atoms. The van der Waals surface area contributed by atoms with E-state index in [-0.39, 0.29) is 71.9 Å². The van der Waals surface area contributed by atoms with E-state index in [0.717, 1.165) is 0 Å². The molecule has 0 spiro atoms. The zero-order valence-corrected chi connectivity index (χ0v) is 8.08. The first-order valence-corrected chi connectivity index (χ1v) is 2.19. The molecule has 1 radical (unpaired) electrons. The molecule has 0 unspecified atom stereocenters. The maximum Gasteiger partial charge on any atom is 3.00 e. The molecule has 0 N–H and O–H groups in total. The van der Waals surface area contributed by atoms with Crippen molar-refractivity contribution in [2.45, 2.75) is 0 Å². The molecule has 0 aromatic carbocycles. The Morgan fingerprint density at radius 1 is 1.00 bits per heavy atom. The molecule has 39 valence electrons. The van der Waals surface area contributed by atoms with E-state index >= 15 is 0 Å². The molecule has 0 heterocycles. The van der Waals surface area contributed by atoms with Gasteiger partial charge in [0.15, 0.2) is 0 Å². The van der Waals surface area contributed by atoms with Crippen molar-refractivity contribution >= 4 is 25.2 Å². The fourth-order valence-electron chi connectivity index (χ4n) is 0. The van der Waals surface area contributed by atoms with Crippen LogP contribution in [0.2, 0.25) is 0 Å². The van der Waals surface area contributed by atoms with Crippen LogP contribution in [0, 0.1) is 0 Å². The quantitative estimate of drug-likeness (QED) is 0.283. The fourth-order valence-corrected chi connectivity index (χ4v) is 0. The molecule has 0 aromatic rings. The number of hydrogen-bond acceptors (Lipinski definition) is 4. The molecule has 0 saturated heterocycles. The molecular weight excluding hydrogens is 195 g/mol. The summed E-state index contributed by atoms with van der Waals surface area (Å²) < 4.78 is 8.55. The van der Waals surface area contributed by atoms with Crippen LogP contribution in [0.4, 0.5) is 0 Å². The first-order valence-electron chi connectivity index (χ1n) is 0.730. The summed E-state index contributed by atoms with van der Waals surface area (Å²) in [6, 6.07) is 0. The van der Waals surface area contributed by atoms with Crippen LogP contribution in [0.15, 0.2) is 0 Å². The van der Waals surface area contributed by atoms with Crippen LogP contribution in [0.25, 0.3) is 0 Å². The summed E-state index contributed by atoms with van der Waals surface area (Å²) in [6.07, 6.45) is 0. The van der Waals surface area contributed by atoms with Crippen molar-refractivity contribution < 1.29 is 73.7 Å². The van der Waals surface area contributed by atoms with Gasteiger partial charge in [0.25, 0.3) is 0 Å². The van der Waals surface area contributed by atoms with Crippen LogP contribution in [-0.2, 0) is 21.3 Å². The van der Waals surface area contributed by atoms with Crippen molar-refractivity contribution in [1.82, 2.24) is 0 Å². The van der Waals surface area contributed by atoms with Crippen molar-refractivity contribution in [2.24, 2.45) is 0 Å². The van der Waals surface area contributed by atoms with Gasteiger partial charge in [0.2, 0.25) is 0 Å². The molecule has 0 aliphatic carbocycles. The zero-order chi connectivity index (χ0) is 4.50. The number of rotatable bonds is 0. The van der Waals surface area contributed by atoms with E-state index in [1.807, 2.05) is 0 Å². The van der Waals surface area contributed by atoms with Gasteiger partial charge in [-0.1, -0.05) is 0 Å². The van der Waals surface area contributed by atoms with Crippen LogP contribution < -0.4 is 52.4 Å². The molecule has 9 heteroatoms. The van der Waals surface area contributed by atoms with E-state index in [9.17, 15) is 0 Å². The third kappa shape index (κ3) is 131. The predicted molar refractivity (Wildman–Crippen MR) is 13.4 cm³/mol. The summed E-state index contributed by atoms with van der Waals surface area (Å²) in [5.74, 6) is 0. The minimum absolute atomic E-state index is 0. The minimum Gasteiger partial charge on any atom is -0.822 e. The monoisotopic (exact) mass is 195 g/mol. The van der Waals surface area contributed by atoms with E-state index in [0.29, 0.717) is 0 Å². The standard InChI is InChI=1S/Al.Co.2Li.H3O4P/c;;;;1-5(2,3)4/h;;;;(H3,1,2,3,4)/q+3;+2;2*+1;/p-3. The summed E-state index contributed by atoms with van der Waals surface area (Å²) in [5.41, 5.74) is 0. The third-order valence-electron chi connectivity index (χ3n) is 0. The molecule has 0 aliphatic rings. The Labute approximate surface area is 98.1 Å². The van der Waals surface area contributed by atoms with Gasteiger partial charge in [-0.2, -0.15) is 7.82 Å². The average Bonchev–Trinajstić information content (AvgIpc) is 0.722. The average molecular weight is 195 g/mol. The van der Waals surface area contributed by atoms with Gasteiger partial charge < -0.3 is 19.2 Å². The van der Waals surface area contributed by atoms with Gasteiger partial charge in [0.1, 0.15) is 0 Å². The van der Waals surface area contributed by atoms with Gasteiger partial charge in [0, 0.05) is 0 Å². The molecule has 0 aliphatic heterocycles. The fraction of sp³-hybridized carbons (Fsp3) is 0. The van der Waals surface area contributed by atoms with E-state index in [4.69, 9.17) is 19.2 Å². The Balaban J connectivity index is -0.0000000133. The molecule has 0 bridgehead atoms. The second-order valence-corrected chi connectivity index (χ2v) is 1.34. The molecule has 0 saturated carbocycles. The first-order chi connectivity index (χ1) is 2.00. The first kappa shape index (κ1) is 30.2. The molecule has 0 aromatic heterocycles. The van der Waals surface area contributed by atoms with Crippen molar-refractivity contribution in [3.8, 4) is 0 Å². The largest absolute Gasteiger partial charge is 3.00 e. The van der Waals surface area contributed by atoms with Gasteiger partial charge in [-0.25, -0.2) is 0 Å². The van der Waals surface area contributed by atoms with Gasteiger partial charge in [0.05, 0.1) is 0 Å². The van der Waals surface area contributed by atoms with Crippen LogP contribution >= 0.6 is 7.82 Å². The summed E-state index contributed by atoms with van der Waals surface area (Å²) in [4.78, 5) is 25.6. The number of phosphoric acid groups is 1. The normalized spacial score (nSPS) is 6.56. The second-order valence-electron chi connectivity index (χ2n) is 0.447. The topological polar surface area (TPSA) is 86.2 Å². The summed E-state index contributed by atoms with van der Waals surface area (Å²) in [5, 5.41) is 0. The Morgan fingerprint density at radius 3 is 1.00 bits per heavy atom. The van der Waals surface area contributed by atoms with E-state index in [2.05, 4.69) is 0 Å². The molecular formula is AlCoLi2O4P+4. The van der Waals surface area contributed by atoms with Gasteiger partial charge in [-0.15, -0.1) is 0 Å². The van der Waals surface area contributed by atoms with E-state index < -0.39 is 7.82 Å². The molecule has 0 fully saturated rings. The maximum atomic E-state index is 8.55. The van der Waals surface area contributed by atoms with E-state index in [1.165, 1.54) is 0 Å². The van der Waals surface area contributed by atoms with Gasteiger partial charge in [-0.05, 0) is 0 Å². The Kier molecular flexibility index (Phi) is 43.5. The SMILES string of the molecule is O=P([O-])([O-])[O-].[Al+3].[Co+2].[Li+].[Li+]. The zero-order valence-electron chi connectivity index (χ0n) is 4.99. The van der Waals surface area contributed by atoms with E-state index in [1.54, 1.807) is 0 Å². The Morgan fingerprint density at radius 2 is 1.00 bits per heavy atom. The molecule has 0 amide bonds. The molecule has 0 atom stereocenters. The number of hydrogen-bond donors (Lipinski definition) is 0. The predicted octanol–water partition coefficient (Wildman–Crippen LogP) is -9.20. The third-order valence-corrected chi connectivity index (χ3v) is 0. The summed E-state index contributed by atoms with van der Waals surface area (Å²) in [6.45, 7) is 0. The smallest absolute Gasteiger partial charge is 0.822 e. The van der Waals surface area contributed by atoms with Crippen LogP contribution in [-0.4, -0.2) is 17.4 Å². The maximum absolute atomic E-state index is 8.55. The van der Waals surface area contributed by atoms with Crippen LogP contribution in [0.1, 0.15) is 0 Å². The molecule has 0 rings (SSSR count). The summed E-state index contributed by atoms with van der Waals surface area (Å²) in [7, 11) is -5.39. The van der Waals surface area contributed by atoms with Gasteiger partial charge in [-0.3, -0.25) is 0 Å². The van der Waals surface area contributed by atoms with Crippen molar-refractivity contribution in [3.05, 3.63) is 0 Å². The van der Waals surface area contributed by atoms with Crippen molar-refractivity contribution in [2.75, 3.05) is 0 Å². The van der Waals surface area contributed by atoms with Crippen LogP contribution in [0.3, 0.4) is 0 Å². The Hall–Kier alpha value is 2.34. The molecule has 4 nitrogen and oxygen atoms in total. The van der Waals surface area contributed by atoms with Crippen molar-refractivity contribution in [3.63, 3.8) is 0 Å². The minimum atomic E-state index is -5.39. The van der Waals surface area contributed by atoms with Crippen LogP contribution in [0.5, 0.6) is 0 Å².